The summed E-state index contributed by atoms with van der Waals surface area (Å²) in [6, 6.07) is 7.07. The van der Waals surface area contributed by atoms with Gasteiger partial charge < -0.3 is 15.0 Å². The number of amidine groups is 1. The summed E-state index contributed by atoms with van der Waals surface area (Å²) in [4.78, 5) is 30.2. The summed E-state index contributed by atoms with van der Waals surface area (Å²) in [6.07, 6.45) is -0.583. The molecule has 2 heterocycles. The van der Waals surface area contributed by atoms with Crippen LogP contribution in [0.5, 0.6) is 0 Å². The van der Waals surface area contributed by atoms with Crippen LogP contribution in [0.4, 0.5) is 4.79 Å². The Morgan fingerprint density at radius 1 is 1.29 bits per heavy atom. The van der Waals surface area contributed by atoms with Crippen LogP contribution in [0.1, 0.15) is 32.8 Å². The van der Waals surface area contributed by atoms with E-state index >= 15 is 0 Å². The van der Waals surface area contributed by atoms with Crippen molar-refractivity contribution in [3.8, 4) is 0 Å². The van der Waals surface area contributed by atoms with E-state index < -0.39 is 27.4 Å². The van der Waals surface area contributed by atoms with E-state index in [1.165, 1.54) is 11.8 Å². The molecular formula is C20H26ClN3O5S2. The summed E-state index contributed by atoms with van der Waals surface area (Å²) in [5.74, 6) is -0.303. The zero-order valence-electron chi connectivity index (χ0n) is 17.6. The van der Waals surface area contributed by atoms with Gasteiger partial charge in [0.1, 0.15) is 5.60 Å². The minimum absolute atomic E-state index is 0.0108. The number of amides is 2. The van der Waals surface area contributed by atoms with Crippen LogP contribution >= 0.6 is 23.4 Å². The van der Waals surface area contributed by atoms with Gasteiger partial charge >= 0.3 is 6.09 Å². The molecule has 2 atom stereocenters. The van der Waals surface area contributed by atoms with Gasteiger partial charge in [-0.2, -0.15) is 4.99 Å². The van der Waals surface area contributed by atoms with Crippen LogP contribution < -0.4 is 5.32 Å². The smallest absolute Gasteiger partial charge is 0.407 e. The van der Waals surface area contributed by atoms with Gasteiger partial charge in [0.15, 0.2) is 15.0 Å². The van der Waals surface area contributed by atoms with Crippen molar-refractivity contribution in [1.29, 1.82) is 0 Å². The summed E-state index contributed by atoms with van der Waals surface area (Å²) in [6.45, 7) is 5.73. The molecular weight excluding hydrogens is 462 g/mol. The Kier molecular flexibility index (Phi) is 7.22. The van der Waals surface area contributed by atoms with Crippen LogP contribution in [-0.2, 0) is 25.9 Å². The molecule has 1 aromatic rings. The molecule has 0 bridgehead atoms. The lowest BCUT2D eigenvalue weighted by Crippen LogP contribution is -2.37. The second-order valence-corrected chi connectivity index (χ2v) is 12.3. The average molecular weight is 488 g/mol. The van der Waals surface area contributed by atoms with Crippen LogP contribution in [0.15, 0.2) is 29.3 Å². The van der Waals surface area contributed by atoms with Crippen molar-refractivity contribution in [3.05, 3.63) is 34.9 Å². The van der Waals surface area contributed by atoms with Gasteiger partial charge in [-0.25, -0.2) is 13.2 Å². The van der Waals surface area contributed by atoms with E-state index in [9.17, 15) is 18.0 Å². The molecule has 2 amide bonds. The van der Waals surface area contributed by atoms with E-state index in [1.807, 2.05) is 23.1 Å². The Balaban J connectivity index is 1.68. The molecule has 2 saturated heterocycles. The highest BCUT2D eigenvalue weighted by Crippen LogP contribution is 2.39. The minimum Gasteiger partial charge on any atom is -0.444 e. The molecule has 0 spiro atoms. The number of halogens is 1. The molecule has 0 aliphatic carbocycles. The quantitative estimate of drug-likeness (QED) is 0.680. The Morgan fingerprint density at radius 3 is 2.68 bits per heavy atom. The number of nitrogens with one attached hydrogen (secondary N) is 1. The van der Waals surface area contributed by atoms with Gasteiger partial charge in [0, 0.05) is 29.8 Å². The standard InChI is InChI=1S/C20H26ClN3O5S2/c1-20(2,3)29-19(26)22-9-8-17(25)23-18-24(10-13-6-4-5-7-14(13)21)15-11-31(27,28)12-16(15)30-18/h4-7,15-16H,8-12H2,1-3H3,(H,22,26)/t15-,16-/m0/s1. The third-order valence-corrected chi connectivity index (χ3v) is 8.32. The number of ether oxygens (including phenoxy) is 1. The lowest BCUT2D eigenvalue weighted by Gasteiger charge is -2.25. The molecule has 31 heavy (non-hydrogen) atoms. The molecule has 8 nitrogen and oxygen atoms in total. The summed E-state index contributed by atoms with van der Waals surface area (Å²) in [5.41, 5.74) is 0.216. The van der Waals surface area contributed by atoms with Gasteiger partial charge in [-0.15, -0.1) is 0 Å². The maximum Gasteiger partial charge on any atom is 0.407 e. The molecule has 0 aromatic heterocycles. The minimum atomic E-state index is -3.13. The van der Waals surface area contributed by atoms with Gasteiger partial charge in [0.05, 0.1) is 17.5 Å². The number of aliphatic imine (C=N–C) groups is 1. The number of hydrogen-bond acceptors (Lipinski definition) is 6. The highest BCUT2D eigenvalue weighted by Gasteiger charge is 2.48. The lowest BCUT2D eigenvalue weighted by molar-refractivity contribution is -0.117. The normalized spacial score (nSPS) is 23.6. The lowest BCUT2D eigenvalue weighted by atomic mass is 10.1. The van der Waals surface area contributed by atoms with Crippen LogP contribution in [-0.4, -0.2) is 65.4 Å². The highest BCUT2D eigenvalue weighted by atomic mass is 35.5. The van der Waals surface area contributed by atoms with Crippen molar-refractivity contribution in [3.63, 3.8) is 0 Å². The maximum absolute atomic E-state index is 12.4. The first-order valence-corrected chi connectivity index (χ1v) is 13.0. The Labute approximate surface area is 191 Å². The van der Waals surface area contributed by atoms with Gasteiger partial charge in [-0.3, -0.25) is 4.79 Å². The third kappa shape index (κ3) is 6.60. The van der Waals surface area contributed by atoms with Crippen molar-refractivity contribution in [2.75, 3.05) is 18.1 Å². The molecule has 0 radical (unpaired) electrons. The van der Waals surface area contributed by atoms with E-state index in [0.717, 1.165) is 5.56 Å². The molecule has 170 valence electrons. The molecule has 2 fully saturated rings. The Morgan fingerprint density at radius 2 is 2.00 bits per heavy atom. The second-order valence-electron chi connectivity index (χ2n) is 8.49. The predicted molar refractivity (Wildman–Crippen MR) is 122 cm³/mol. The number of rotatable bonds is 5. The molecule has 0 saturated carbocycles. The molecule has 1 aromatic carbocycles. The molecule has 3 rings (SSSR count). The molecule has 1 N–H and O–H groups in total. The number of hydrogen-bond donors (Lipinski definition) is 1. The summed E-state index contributed by atoms with van der Waals surface area (Å²) >= 11 is 7.60. The molecule has 2 aliphatic heterocycles. The van der Waals surface area contributed by atoms with Crippen molar-refractivity contribution >= 4 is 50.4 Å². The van der Waals surface area contributed by atoms with E-state index in [2.05, 4.69) is 10.3 Å². The average Bonchev–Trinajstić information content (AvgIpc) is 3.07. The molecule has 0 unspecified atom stereocenters. The number of carbonyl (C=O) groups excluding carboxylic acids is 2. The highest BCUT2D eigenvalue weighted by molar-refractivity contribution is 8.15. The molecule has 2 aliphatic rings. The topological polar surface area (TPSA) is 105 Å². The number of nitrogens with zero attached hydrogens (tertiary/aromatic N) is 2. The zero-order valence-corrected chi connectivity index (χ0v) is 20.0. The van der Waals surface area contributed by atoms with Crippen molar-refractivity contribution in [1.82, 2.24) is 10.2 Å². The predicted octanol–water partition coefficient (Wildman–Crippen LogP) is 2.85. The zero-order chi connectivity index (χ0) is 22.8. The summed E-state index contributed by atoms with van der Waals surface area (Å²) in [5, 5.41) is 3.43. The number of alkyl carbamates (subject to hydrolysis) is 1. The van der Waals surface area contributed by atoms with Crippen LogP contribution in [0.25, 0.3) is 0 Å². The van der Waals surface area contributed by atoms with E-state index in [1.54, 1.807) is 26.8 Å². The fourth-order valence-corrected chi connectivity index (χ4v) is 7.54. The van der Waals surface area contributed by atoms with Crippen LogP contribution in [0.3, 0.4) is 0 Å². The van der Waals surface area contributed by atoms with Crippen LogP contribution in [0, 0.1) is 0 Å². The first-order chi connectivity index (χ1) is 14.4. The Bertz CT molecular complexity index is 991. The fourth-order valence-electron chi connectivity index (χ4n) is 3.38. The SMILES string of the molecule is CC(C)(C)OC(=O)NCCC(=O)N=C1S[C@H]2CS(=O)(=O)C[C@@H]2N1Cc1ccccc1Cl. The monoisotopic (exact) mass is 487 g/mol. The first-order valence-electron chi connectivity index (χ1n) is 9.89. The van der Waals surface area contributed by atoms with Crippen molar-refractivity contribution in [2.24, 2.45) is 4.99 Å². The number of thioether (sulfide) groups is 1. The second kappa shape index (κ2) is 9.38. The van der Waals surface area contributed by atoms with Gasteiger partial charge in [-0.05, 0) is 32.4 Å². The maximum atomic E-state index is 12.4. The fraction of sp³-hybridized carbons (Fsp3) is 0.550. The van der Waals surface area contributed by atoms with Gasteiger partial charge in [-0.1, -0.05) is 41.6 Å². The third-order valence-electron chi connectivity index (χ3n) is 4.70. The van der Waals surface area contributed by atoms with Gasteiger partial charge in [0.2, 0.25) is 5.91 Å². The van der Waals surface area contributed by atoms with E-state index in [-0.39, 0.29) is 35.8 Å². The molecule has 11 heteroatoms. The number of sulfone groups is 1. The number of benzene rings is 1. The first kappa shape index (κ1) is 23.9. The largest absolute Gasteiger partial charge is 0.444 e. The van der Waals surface area contributed by atoms with Crippen molar-refractivity contribution in [2.45, 2.75) is 50.6 Å². The summed E-state index contributed by atoms with van der Waals surface area (Å²) in [7, 11) is -3.13. The summed E-state index contributed by atoms with van der Waals surface area (Å²) < 4.78 is 29.4. The van der Waals surface area contributed by atoms with Crippen molar-refractivity contribution < 1.29 is 22.7 Å². The van der Waals surface area contributed by atoms with Gasteiger partial charge in [0.25, 0.3) is 0 Å². The van der Waals surface area contributed by atoms with E-state index in [0.29, 0.717) is 16.7 Å². The Hall–Kier alpha value is -1.78. The van der Waals surface area contributed by atoms with Crippen LogP contribution in [0.2, 0.25) is 5.02 Å². The number of fused-ring (bicyclic) bond motifs is 1. The van der Waals surface area contributed by atoms with E-state index in [4.69, 9.17) is 16.3 Å². The number of carbonyl (C=O) groups is 2.